The van der Waals surface area contributed by atoms with E-state index in [0.29, 0.717) is 29.6 Å². The van der Waals surface area contributed by atoms with E-state index in [4.69, 9.17) is 16.3 Å². The number of aryl methyl sites for hydroxylation is 1. The van der Waals surface area contributed by atoms with Crippen molar-refractivity contribution in [1.82, 2.24) is 19.9 Å². The van der Waals surface area contributed by atoms with Gasteiger partial charge in [0.05, 0.1) is 18.4 Å². The maximum Gasteiger partial charge on any atom is 0.253 e. The van der Waals surface area contributed by atoms with E-state index < -0.39 is 0 Å². The fourth-order valence-corrected chi connectivity index (χ4v) is 3.40. The average molecular weight is 399 g/mol. The van der Waals surface area contributed by atoms with Crippen molar-refractivity contribution in [3.05, 3.63) is 76.5 Å². The molecule has 0 saturated carbocycles. The first-order chi connectivity index (χ1) is 13.5. The molecule has 3 rings (SSSR count). The Kier molecular flexibility index (Phi) is 6.44. The van der Waals surface area contributed by atoms with Crippen LogP contribution in [0.5, 0.6) is 0 Å². The zero-order valence-electron chi connectivity index (χ0n) is 16.1. The predicted octanol–water partition coefficient (Wildman–Crippen LogP) is 3.70. The SMILES string of the molecule is COCC(CNC(=O)c1cc(C)n(-c2cnccn2)c1C)c1ccc(Cl)cc1. The van der Waals surface area contributed by atoms with Gasteiger partial charge in [0.1, 0.15) is 0 Å². The molecule has 1 atom stereocenters. The van der Waals surface area contributed by atoms with Gasteiger partial charge < -0.3 is 14.6 Å². The van der Waals surface area contributed by atoms with Crippen LogP contribution in [0, 0.1) is 13.8 Å². The highest BCUT2D eigenvalue weighted by Crippen LogP contribution is 2.21. The summed E-state index contributed by atoms with van der Waals surface area (Å²) in [4.78, 5) is 21.3. The van der Waals surface area contributed by atoms with E-state index in [1.165, 1.54) is 0 Å². The van der Waals surface area contributed by atoms with Crippen molar-refractivity contribution in [1.29, 1.82) is 0 Å². The van der Waals surface area contributed by atoms with Crippen LogP contribution in [0.25, 0.3) is 5.82 Å². The van der Waals surface area contributed by atoms with E-state index in [2.05, 4.69) is 15.3 Å². The Balaban J connectivity index is 1.76. The fourth-order valence-electron chi connectivity index (χ4n) is 3.27. The second kappa shape index (κ2) is 8.99. The summed E-state index contributed by atoms with van der Waals surface area (Å²) >= 11 is 5.97. The number of carbonyl (C=O) groups excluding carboxylic acids is 1. The number of methoxy groups -OCH3 is 1. The summed E-state index contributed by atoms with van der Waals surface area (Å²) in [5.74, 6) is 0.600. The maximum atomic E-state index is 12.8. The standard InChI is InChI=1S/C21H23ClN4O2/c1-14-10-19(15(2)26(14)20-12-23-8-9-24-20)21(27)25-11-17(13-28-3)16-4-6-18(22)7-5-16/h4-10,12,17H,11,13H2,1-3H3,(H,25,27). The highest BCUT2D eigenvalue weighted by atomic mass is 35.5. The van der Waals surface area contributed by atoms with Crippen molar-refractivity contribution in [2.75, 3.05) is 20.3 Å². The van der Waals surface area contributed by atoms with Gasteiger partial charge in [-0.3, -0.25) is 9.78 Å². The molecular weight excluding hydrogens is 376 g/mol. The molecule has 2 aromatic heterocycles. The molecule has 146 valence electrons. The van der Waals surface area contributed by atoms with Gasteiger partial charge in [0, 0.05) is 48.4 Å². The second-order valence-electron chi connectivity index (χ2n) is 6.60. The number of aromatic nitrogens is 3. The minimum Gasteiger partial charge on any atom is -0.384 e. The summed E-state index contributed by atoms with van der Waals surface area (Å²) in [7, 11) is 1.65. The van der Waals surface area contributed by atoms with Gasteiger partial charge in [0.2, 0.25) is 0 Å². The zero-order chi connectivity index (χ0) is 20.1. The average Bonchev–Trinajstić information content (AvgIpc) is 3.00. The smallest absolute Gasteiger partial charge is 0.253 e. The molecule has 0 saturated heterocycles. The van der Waals surface area contributed by atoms with Crippen LogP contribution in [-0.2, 0) is 4.74 Å². The van der Waals surface area contributed by atoms with Crippen molar-refractivity contribution in [3.8, 4) is 5.82 Å². The number of amides is 1. The molecule has 0 spiro atoms. The van der Waals surface area contributed by atoms with E-state index >= 15 is 0 Å². The monoisotopic (exact) mass is 398 g/mol. The van der Waals surface area contributed by atoms with Crippen molar-refractivity contribution >= 4 is 17.5 Å². The number of nitrogens with one attached hydrogen (secondary N) is 1. The normalized spacial score (nSPS) is 12.0. The van der Waals surface area contributed by atoms with Gasteiger partial charge >= 0.3 is 0 Å². The van der Waals surface area contributed by atoms with Crippen molar-refractivity contribution in [3.63, 3.8) is 0 Å². The topological polar surface area (TPSA) is 69.0 Å². The summed E-state index contributed by atoms with van der Waals surface area (Å²) in [6.45, 7) is 4.81. The molecule has 0 fully saturated rings. The number of benzene rings is 1. The van der Waals surface area contributed by atoms with Crippen molar-refractivity contribution in [2.45, 2.75) is 19.8 Å². The van der Waals surface area contributed by atoms with Crippen molar-refractivity contribution < 1.29 is 9.53 Å². The predicted molar refractivity (Wildman–Crippen MR) is 109 cm³/mol. The minimum absolute atomic E-state index is 0.0368. The van der Waals surface area contributed by atoms with E-state index in [0.717, 1.165) is 17.0 Å². The minimum atomic E-state index is -0.127. The molecular formula is C21H23ClN4O2. The van der Waals surface area contributed by atoms with E-state index in [9.17, 15) is 4.79 Å². The third-order valence-corrected chi connectivity index (χ3v) is 4.92. The van der Waals surface area contributed by atoms with E-state index in [1.54, 1.807) is 25.7 Å². The van der Waals surface area contributed by atoms with Gasteiger partial charge in [-0.1, -0.05) is 23.7 Å². The Labute approximate surface area is 169 Å². The molecule has 1 amide bonds. The highest BCUT2D eigenvalue weighted by molar-refractivity contribution is 6.30. The van der Waals surface area contributed by atoms with Gasteiger partial charge in [-0.2, -0.15) is 0 Å². The Morgan fingerprint density at radius 1 is 1.25 bits per heavy atom. The molecule has 0 aliphatic heterocycles. The van der Waals surface area contributed by atoms with Crippen LogP contribution in [-0.4, -0.2) is 40.7 Å². The van der Waals surface area contributed by atoms with Crippen LogP contribution in [0.4, 0.5) is 0 Å². The zero-order valence-corrected chi connectivity index (χ0v) is 16.9. The van der Waals surface area contributed by atoms with E-state index in [1.807, 2.05) is 48.7 Å². The summed E-state index contributed by atoms with van der Waals surface area (Å²) < 4.78 is 7.25. The van der Waals surface area contributed by atoms with Gasteiger partial charge in [-0.15, -0.1) is 0 Å². The molecule has 7 heteroatoms. The third kappa shape index (κ3) is 4.40. The maximum absolute atomic E-state index is 12.8. The molecule has 1 N–H and O–H groups in total. The lowest BCUT2D eigenvalue weighted by atomic mass is 10.00. The third-order valence-electron chi connectivity index (χ3n) is 4.67. The molecule has 6 nitrogen and oxygen atoms in total. The molecule has 2 heterocycles. The number of ether oxygens (including phenoxy) is 1. The Bertz CT molecular complexity index is 939. The first-order valence-corrected chi connectivity index (χ1v) is 9.37. The highest BCUT2D eigenvalue weighted by Gasteiger charge is 2.19. The molecule has 0 radical (unpaired) electrons. The number of hydrogen-bond acceptors (Lipinski definition) is 4. The Morgan fingerprint density at radius 2 is 2.00 bits per heavy atom. The van der Waals surface area contributed by atoms with E-state index in [-0.39, 0.29) is 11.8 Å². The number of halogens is 1. The molecule has 1 unspecified atom stereocenters. The van der Waals surface area contributed by atoms with Crippen LogP contribution < -0.4 is 5.32 Å². The lowest BCUT2D eigenvalue weighted by molar-refractivity contribution is 0.0942. The van der Waals surface area contributed by atoms with Crippen LogP contribution >= 0.6 is 11.6 Å². The summed E-state index contributed by atoms with van der Waals surface area (Å²) in [5, 5.41) is 3.71. The first-order valence-electron chi connectivity index (χ1n) is 8.99. The number of nitrogens with zero attached hydrogens (tertiary/aromatic N) is 3. The van der Waals surface area contributed by atoms with Gasteiger partial charge in [0.25, 0.3) is 5.91 Å². The van der Waals surface area contributed by atoms with Gasteiger partial charge in [0.15, 0.2) is 5.82 Å². The van der Waals surface area contributed by atoms with Crippen LogP contribution in [0.3, 0.4) is 0 Å². The Hall–Kier alpha value is -2.70. The molecule has 0 aliphatic rings. The van der Waals surface area contributed by atoms with Gasteiger partial charge in [-0.05, 0) is 37.6 Å². The summed E-state index contributed by atoms with van der Waals surface area (Å²) in [5.41, 5.74) is 3.44. The quantitative estimate of drug-likeness (QED) is 0.658. The second-order valence-corrected chi connectivity index (χ2v) is 7.03. The fraction of sp³-hybridized carbons (Fsp3) is 0.286. The van der Waals surface area contributed by atoms with Crippen LogP contribution in [0.2, 0.25) is 5.02 Å². The van der Waals surface area contributed by atoms with Gasteiger partial charge in [-0.25, -0.2) is 4.98 Å². The summed E-state index contributed by atoms with van der Waals surface area (Å²) in [6.07, 6.45) is 4.93. The van der Waals surface area contributed by atoms with Crippen LogP contribution in [0.15, 0.2) is 48.9 Å². The Morgan fingerprint density at radius 3 is 2.64 bits per heavy atom. The van der Waals surface area contributed by atoms with Crippen molar-refractivity contribution in [2.24, 2.45) is 0 Å². The summed E-state index contributed by atoms with van der Waals surface area (Å²) in [6, 6.07) is 9.47. The largest absolute Gasteiger partial charge is 0.384 e. The first kappa shape index (κ1) is 20.0. The molecule has 0 aliphatic carbocycles. The number of carbonyl (C=O) groups is 1. The number of rotatable bonds is 7. The lowest BCUT2D eigenvalue weighted by Crippen LogP contribution is -2.30. The molecule has 28 heavy (non-hydrogen) atoms. The molecule has 3 aromatic rings. The lowest BCUT2D eigenvalue weighted by Gasteiger charge is -2.17. The molecule has 1 aromatic carbocycles. The molecule has 0 bridgehead atoms. The number of hydrogen-bond donors (Lipinski definition) is 1. The van der Waals surface area contributed by atoms with Crippen LogP contribution in [0.1, 0.15) is 33.2 Å².